The Morgan fingerprint density at radius 2 is 1.63 bits per heavy atom. The standard InChI is InChI=1S/C23H22N4O3/c28-22(24-15-17-10-11-18-20(14-17)27-23(29)25-18)26-19-8-4-5-9-21(19)30-13-12-16-6-2-1-3-7-16/h1-11,14H,12-13,15H2,(H2,24,26,28)(H2,25,27,29). The Hall–Kier alpha value is -4.00. The van der Waals surface area contributed by atoms with Crippen LogP contribution in [0.5, 0.6) is 5.75 Å². The van der Waals surface area contributed by atoms with Crippen molar-refractivity contribution >= 4 is 22.8 Å². The van der Waals surface area contributed by atoms with Crippen molar-refractivity contribution in [2.45, 2.75) is 13.0 Å². The van der Waals surface area contributed by atoms with E-state index in [9.17, 15) is 9.59 Å². The van der Waals surface area contributed by atoms with Gasteiger partial charge in [-0.15, -0.1) is 0 Å². The van der Waals surface area contributed by atoms with Crippen molar-refractivity contribution in [2.75, 3.05) is 11.9 Å². The fourth-order valence-corrected chi connectivity index (χ4v) is 3.16. The van der Waals surface area contributed by atoms with Crippen LogP contribution in [0.1, 0.15) is 11.1 Å². The van der Waals surface area contributed by atoms with Crippen molar-refractivity contribution in [1.29, 1.82) is 0 Å². The highest BCUT2D eigenvalue weighted by atomic mass is 16.5. The average Bonchev–Trinajstić information content (AvgIpc) is 3.13. The highest BCUT2D eigenvalue weighted by Gasteiger charge is 2.08. The van der Waals surface area contributed by atoms with E-state index in [4.69, 9.17) is 4.74 Å². The van der Waals surface area contributed by atoms with E-state index in [1.54, 1.807) is 12.1 Å². The third-order valence-corrected chi connectivity index (χ3v) is 4.66. The minimum atomic E-state index is -0.336. The summed E-state index contributed by atoms with van der Waals surface area (Å²) in [5, 5.41) is 5.65. The molecule has 0 aliphatic heterocycles. The molecule has 2 amide bonds. The molecule has 4 N–H and O–H groups in total. The lowest BCUT2D eigenvalue weighted by Crippen LogP contribution is -2.28. The Morgan fingerprint density at radius 3 is 2.50 bits per heavy atom. The number of aromatic amines is 2. The number of aromatic nitrogens is 2. The average molecular weight is 402 g/mol. The lowest BCUT2D eigenvalue weighted by atomic mass is 10.2. The van der Waals surface area contributed by atoms with Gasteiger partial charge in [-0.1, -0.05) is 48.5 Å². The summed E-state index contributed by atoms with van der Waals surface area (Å²) in [6.07, 6.45) is 0.783. The third-order valence-electron chi connectivity index (χ3n) is 4.66. The Kier molecular flexibility index (Phi) is 5.80. The number of para-hydroxylation sites is 2. The fourth-order valence-electron chi connectivity index (χ4n) is 3.16. The Balaban J connectivity index is 1.32. The summed E-state index contributed by atoms with van der Waals surface area (Å²) in [6.45, 7) is 0.839. The van der Waals surface area contributed by atoms with Gasteiger partial charge in [0.15, 0.2) is 0 Å². The zero-order valence-corrected chi connectivity index (χ0v) is 16.3. The second kappa shape index (κ2) is 9.00. The smallest absolute Gasteiger partial charge is 0.323 e. The van der Waals surface area contributed by atoms with Crippen LogP contribution in [0.3, 0.4) is 0 Å². The molecule has 1 aromatic heterocycles. The van der Waals surface area contributed by atoms with Crippen LogP contribution in [0.4, 0.5) is 10.5 Å². The maximum absolute atomic E-state index is 12.4. The van der Waals surface area contributed by atoms with Gasteiger partial charge >= 0.3 is 11.7 Å². The summed E-state index contributed by atoms with van der Waals surface area (Å²) >= 11 is 0. The van der Waals surface area contributed by atoms with Gasteiger partial charge in [-0.2, -0.15) is 0 Å². The van der Waals surface area contributed by atoms with E-state index in [0.29, 0.717) is 30.1 Å². The topological polar surface area (TPSA) is 99.0 Å². The van der Waals surface area contributed by atoms with Gasteiger partial charge in [0.25, 0.3) is 0 Å². The molecule has 4 rings (SSSR count). The van der Waals surface area contributed by atoms with Crippen LogP contribution in [0.25, 0.3) is 11.0 Å². The quantitative estimate of drug-likeness (QED) is 0.378. The van der Waals surface area contributed by atoms with Crippen LogP contribution in [0.2, 0.25) is 0 Å². The fraction of sp³-hybridized carbons (Fsp3) is 0.130. The van der Waals surface area contributed by atoms with Gasteiger partial charge in [0, 0.05) is 13.0 Å². The van der Waals surface area contributed by atoms with Crippen molar-refractivity contribution in [1.82, 2.24) is 15.3 Å². The number of carbonyl (C=O) groups is 1. The van der Waals surface area contributed by atoms with Gasteiger partial charge in [0.05, 0.1) is 23.3 Å². The summed E-state index contributed by atoms with van der Waals surface area (Å²) in [4.78, 5) is 29.1. The van der Waals surface area contributed by atoms with E-state index in [-0.39, 0.29) is 11.7 Å². The van der Waals surface area contributed by atoms with Crippen LogP contribution in [-0.2, 0) is 13.0 Å². The second-order valence-electron chi connectivity index (χ2n) is 6.85. The van der Waals surface area contributed by atoms with Gasteiger partial charge in [-0.05, 0) is 35.4 Å². The molecule has 30 heavy (non-hydrogen) atoms. The number of hydrogen-bond acceptors (Lipinski definition) is 3. The van der Waals surface area contributed by atoms with E-state index in [0.717, 1.165) is 17.5 Å². The molecule has 0 radical (unpaired) electrons. The van der Waals surface area contributed by atoms with E-state index < -0.39 is 0 Å². The number of rotatable bonds is 7. The minimum Gasteiger partial charge on any atom is -0.491 e. The third kappa shape index (κ3) is 4.88. The number of benzene rings is 3. The number of fused-ring (bicyclic) bond motifs is 1. The maximum atomic E-state index is 12.4. The predicted octanol–water partition coefficient (Wildman–Crippen LogP) is 3.80. The highest BCUT2D eigenvalue weighted by molar-refractivity contribution is 5.90. The van der Waals surface area contributed by atoms with Crippen molar-refractivity contribution in [2.24, 2.45) is 0 Å². The van der Waals surface area contributed by atoms with Crippen LogP contribution >= 0.6 is 0 Å². The summed E-state index contributed by atoms with van der Waals surface area (Å²) in [5.41, 5.74) is 3.86. The normalized spacial score (nSPS) is 10.7. The number of imidazole rings is 1. The number of hydrogen-bond donors (Lipinski definition) is 4. The molecule has 0 saturated carbocycles. The summed E-state index contributed by atoms with van der Waals surface area (Å²) < 4.78 is 5.88. The van der Waals surface area contributed by atoms with Crippen LogP contribution in [0, 0.1) is 0 Å². The maximum Gasteiger partial charge on any atom is 0.323 e. The van der Waals surface area contributed by atoms with Gasteiger partial charge in [0.1, 0.15) is 5.75 Å². The van der Waals surface area contributed by atoms with Crippen LogP contribution in [-0.4, -0.2) is 22.6 Å². The SMILES string of the molecule is O=C(NCc1ccc2[nH]c(=O)[nH]c2c1)Nc1ccccc1OCCc1ccccc1. The molecule has 0 saturated heterocycles. The number of ether oxygens (including phenoxy) is 1. The van der Waals surface area contributed by atoms with Gasteiger partial charge in [0.2, 0.25) is 0 Å². The largest absolute Gasteiger partial charge is 0.491 e. The highest BCUT2D eigenvalue weighted by Crippen LogP contribution is 2.24. The number of anilines is 1. The van der Waals surface area contributed by atoms with E-state index >= 15 is 0 Å². The number of urea groups is 1. The number of nitrogens with one attached hydrogen (secondary N) is 4. The molecule has 4 aromatic rings. The second-order valence-corrected chi connectivity index (χ2v) is 6.85. The van der Waals surface area contributed by atoms with Crippen molar-refractivity contribution in [3.8, 4) is 5.75 Å². The molecule has 0 atom stereocenters. The lowest BCUT2D eigenvalue weighted by molar-refractivity contribution is 0.251. The number of amides is 2. The summed E-state index contributed by atoms with van der Waals surface area (Å²) in [7, 11) is 0. The van der Waals surface area contributed by atoms with Crippen molar-refractivity contribution < 1.29 is 9.53 Å². The molecule has 0 aliphatic carbocycles. The lowest BCUT2D eigenvalue weighted by Gasteiger charge is -2.13. The Bertz CT molecular complexity index is 1200. The molecular formula is C23H22N4O3. The number of carbonyl (C=O) groups excluding carboxylic acids is 1. The van der Waals surface area contributed by atoms with Crippen LogP contribution in [0.15, 0.2) is 77.6 Å². The molecule has 0 spiro atoms. The molecule has 0 fully saturated rings. The minimum absolute atomic E-state index is 0.253. The van der Waals surface area contributed by atoms with Gasteiger partial charge < -0.3 is 25.3 Å². The summed E-state index contributed by atoms with van der Waals surface area (Å²) in [6, 6.07) is 22.6. The zero-order chi connectivity index (χ0) is 20.8. The van der Waals surface area contributed by atoms with Gasteiger partial charge in [-0.3, -0.25) is 0 Å². The molecule has 7 nitrogen and oxygen atoms in total. The first-order valence-electron chi connectivity index (χ1n) is 9.69. The molecule has 0 bridgehead atoms. The first-order chi connectivity index (χ1) is 14.7. The molecular weight excluding hydrogens is 380 g/mol. The van der Waals surface area contributed by atoms with E-state index in [1.165, 1.54) is 5.56 Å². The first kappa shape index (κ1) is 19.3. The molecule has 7 heteroatoms. The number of H-pyrrole nitrogens is 2. The zero-order valence-electron chi connectivity index (χ0n) is 16.3. The summed E-state index contributed by atoms with van der Waals surface area (Å²) in [5.74, 6) is 0.620. The van der Waals surface area contributed by atoms with Crippen LogP contribution < -0.4 is 21.1 Å². The van der Waals surface area contributed by atoms with E-state index in [1.807, 2.05) is 48.5 Å². The van der Waals surface area contributed by atoms with Crippen molar-refractivity contribution in [3.05, 3.63) is 94.4 Å². The Morgan fingerprint density at radius 1 is 0.867 bits per heavy atom. The monoisotopic (exact) mass is 402 g/mol. The molecule has 3 aromatic carbocycles. The van der Waals surface area contributed by atoms with Crippen molar-refractivity contribution in [3.63, 3.8) is 0 Å². The Labute approximate surface area is 173 Å². The molecule has 0 aliphatic rings. The molecule has 152 valence electrons. The molecule has 0 unspecified atom stereocenters. The molecule has 1 heterocycles. The van der Waals surface area contributed by atoms with Gasteiger partial charge in [-0.25, -0.2) is 9.59 Å². The van der Waals surface area contributed by atoms with E-state index in [2.05, 4.69) is 32.7 Å². The predicted molar refractivity (Wildman–Crippen MR) is 117 cm³/mol. The first-order valence-corrected chi connectivity index (χ1v) is 9.69.